The first-order valence-corrected chi connectivity index (χ1v) is 6.50. The van der Waals surface area contributed by atoms with Crippen molar-refractivity contribution in [3.63, 3.8) is 0 Å². The van der Waals surface area contributed by atoms with Gasteiger partial charge in [-0.15, -0.1) is 4.91 Å². The van der Waals surface area contributed by atoms with E-state index in [1.807, 2.05) is 30.3 Å². The largest absolute Gasteiger partial charge is 0.468 e. The average Bonchev–Trinajstić information content (AvgIpc) is 2.49. The highest BCUT2D eigenvalue weighted by atomic mass is 16.5. The maximum absolute atomic E-state index is 12.1. The Bertz CT molecular complexity index is 436. The van der Waals surface area contributed by atoms with Crippen molar-refractivity contribution in [1.29, 1.82) is 0 Å². The smallest absolute Gasteiger partial charge is 0.315 e. The minimum absolute atomic E-state index is 0.207. The van der Waals surface area contributed by atoms with E-state index >= 15 is 0 Å². The van der Waals surface area contributed by atoms with E-state index in [0.29, 0.717) is 6.54 Å². The number of methoxy groups -OCH3 is 1. The van der Waals surface area contributed by atoms with Crippen LogP contribution in [0.2, 0.25) is 0 Å². The van der Waals surface area contributed by atoms with Crippen LogP contribution >= 0.6 is 0 Å². The van der Waals surface area contributed by atoms with Crippen molar-refractivity contribution in [2.24, 2.45) is 5.29 Å². The van der Waals surface area contributed by atoms with Crippen LogP contribution in [-0.4, -0.2) is 30.7 Å². The van der Waals surface area contributed by atoms with Crippen molar-refractivity contribution in [3.05, 3.63) is 40.8 Å². The lowest BCUT2D eigenvalue weighted by Gasteiger charge is -2.35. The molecular formula is C14H18N2O3. The predicted molar refractivity (Wildman–Crippen MR) is 71.3 cm³/mol. The molecule has 2 atom stereocenters. The molecule has 0 saturated carbocycles. The van der Waals surface area contributed by atoms with Gasteiger partial charge in [-0.2, -0.15) is 0 Å². The number of nitroso groups, excluding NO2 is 1. The summed E-state index contributed by atoms with van der Waals surface area (Å²) in [4.78, 5) is 23.0. The summed E-state index contributed by atoms with van der Waals surface area (Å²) < 4.78 is 4.90. The lowest BCUT2D eigenvalue weighted by molar-refractivity contribution is -0.144. The highest BCUT2D eigenvalue weighted by molar-refractivity contribution is 5.79. The molecule has 1 aromatic carbocycles. The van der Waals surface area contributed by atoms with Crippen LogP contribution in [0.25, 0.3) is 0 Å². The molecule has 0 amide bonds. The molecule has 0 aromatic heterocycles. The predicted octanol–water partition coefficient (Wildman–Crippen LogP) is 2.48. The van der Waals surface area contributed by atoms with Crippen molar-refractivity contribution < 1.29 is 9.53 Å². The van der Waals surface area contributed by atoms with Gasteiger partial charge >= 0.3 is 5.97 Å². The Kier molecular flexibility index (Phi) is 4.49. The second kappa shape index (κ2) is 6.31. The molecule has 5 nitrogen and oxygen atoms in total. The van der Waals surface area contributed by atoms with E-state index in [1.54, 1.807) is 0 Å². The molecule has 1 aromatic rings. The molecule has 0 aliphatic carbocycles. The third-order valence-electron chi connectivity index (χ3n) is 3.62. The van der Waals surface area contributed by atoms with Gasteiger partial charge in [0.25, 0.3) is 0 Å². The molecule has 2 rings (SSSR count). The number of esters is 1. The van der Waals surface area contributed by atoms with Crippen molar-refractivity contribution in [3.8, 4) is 0 Å². The number of benzene rings is 1. The van der Waals surface area contributed by atoms with Crippen molar-refractivity contribution in [2.45, 2.75) is 31.2 Å². The zero-order chi connectivity index (χ0) is 13.7. The third kappa shape index (κ3) is 2.92. The van der Waals surface area contributed by atoms with E-state index in [2.05, 4.69) is 5.29 Å². The molecular weight excluding hydrogens is 244 g/mol. The summed E-state index contributed by atoms with van der Waals surface area (Å²) in [6, 6.07) is 9.23. The van der Waals surface area contributed by atoms with Gasteiger partial charge in [-0.1, -0.05) is 30.3 Å². The van der Waals surface area contributed by atoms with Gasteiger partial charge in [0.1, 0.15) is 5.92 Å². The molecule has 0 spiro atoms. The first kappa shape index (κ1) is 13.5. The van der Waals surface area contributed by atoms with Gasteiger partial charge in [0.15, 0.2) is 0 Å². The monoisotopic (exact) mass is 262 g/mol. The zero-order valence-corrected chi connectivity index (χ0v) is 11.0. The summed E-state index contributed by atoms with van der Waals surface area (Å²) in [5.41, 5.74) is 0.870. The number of hydrogen-bond donors (Lipinski definition) is 0. The van der Waals surface area contributed by atoms with Crippen molar-refractivity contribution >= 4 is 5.97 Å². The molecule has 0 radical (unpaired) electrons. The number of carbonyl (C=O) groups is 1. The quantitative estimate of drug-likeness (QED) is 0.618. The van der Waals surface area contributed by atoms with Gasteiger partial charge in [0, 0.05) is 6.54 Å². The lowest BCUT2D eigenvalue weighted by atomic mass is 9.86. The molecule has 0 N–H and O–H groups in total. The Hall–Kier alpha value is -1.91. The van der Waals surface area contributed by atoms with Gasteiger partial charge < -0.3 is 4.74 Å². The normalized spacial score (nSPS) is 20.7. The van der Waals surface area contributed by atoms with Crippen LogP contribution in [0, 0.1) is 4.91 Å². The third-order valence-corrected chi connectivity index (χ3v) is 3.62. The molecule has 1 heterocycles. The minimum Gasteiger partial charge on any atom is -0.468 e. The van der Waals surface area contributed by atoms with Gasteiger partial charge in [0.05, 0.1) is 18.4 Å². The first-order chi connectivity index (χ1) is 9.27. The van der Waals surface area contributed by atoms with Crippen LogP contribution in [0.1, 0.15) is 30.7 Å². The number of nitrogens with zero attached hydrogens (tertiary/aromatic N) is 2. The number of rotatable bonds is 4. The molecule has 102 valence electrons. The zero-order valence-electron chi connectivity index (χ0n) is 11.0. The summed E-state index contributed by atoms with van der Waals surface area (Å²) in [5, 5.41) is 4.55. The number of ether oxygens (including phenoxy) is 1. The minimum atomic E-state index is -0.454. The number of carbonyl (C=O) groups excluding carboxylic acids is 1. The van der Waals surface area contributed by atoms with Crippen LogP contribution in [0.5, 0.6) is 0 Å². The summed E-state index contributed by atoms with van der Waals surface area (Å²) in [6.07, 6.45) is 2.71. The van der Waals surface area contributed by atoms with Crippen LogP contribution in [0.3, 0.4) is 0 Å². The molecule has 1 saturated heterocycles. The lowest BCUT2D eigenvalue weighted by Crippen LogP contribution is -2.42. The topological polar surface area (TPSA) is 59.0 Å². The van der Waals surface area contributed by atoms with E-state index in [-0.39, 0.29) is 12.0 Å². The Morgan fingerprint density at radius 1 is 1.37 bits per heavy atom. The SMILES string of the molecule is COC(=O)[C@H](c1ccccc1)[C@H]1CCCCN1N=O. The Labute approximate surface area is 112 Å². The molecule has 1 fully saturated rings. The standard InChI is InChI=1S/C14H18N2O3/c1-19-14(17)13(11-7-3-2-4-8-11)12-9-5-6-10-16(12)15-18/h2-4,7-8,12-13H,5-6,9-10H2,1H3/t12-,13-/m1/s1. The van der Waals surface area contributed by atoms with Gasteiger partial charge in [-0.3, -0.25) is 9.80 Å². The summed E-state index contributed by atoms with van der Waals surface area (Å²) in [7, 11) is 1.37. The van der Waals surface area contributed by atoms with Gasteiger partial charge in [0.2, 0.25) is 0 Å². The van der Waals surface area contributed by atoms with Gasteiger partial charge in [-0.05, 0) is 24.8 Å². The first-order valence-electron chi connectivity index (χ1n) is 6.50. The fourth-order valence-corrected chi connectivity index (χ4v) is 2.68. The van der Waals surface area contributed by atoms with E-state index in [1.165, 1.54) is 12.1 Å². The van der Waals surface area contributed by atoms with Crippen LogP contribution in [0.15, 0.2) is 35.6 Å². The van der Waals surface area contributed by atoms with Crippen LogP contribution in [0.4, 0.5) is 0 Å². The van der Waals surface area contributed by atoms with E-state index in [4.69, 9.17) is 4.74 Å². The van der Waals surface area contributed by atoms with Gasteiger partial charge in [-0.25, -0.2) is 0 Å². The van der Waals surface area contributed by atoms with Crippen molar-refractivity contribution in [1.82, 2.24) is 5.01 Å². The highest BCUT2D eigenvalue weighted by Gasteiger charge is 2.36. The van der Waals surface area contributed by atoms with Crippen LogP contribution < -0.4 is 0 Å². The maximum atomic E-state index is 12.1. The van der Waals surface area contributed by atoms with E-state index < -0.39 is 5.92 Å². The number of piperidine rings is 1. The summed E-state index contributed by atoms with van der Waals surface area (Å²) >= 11 is 0. The second-order valence-corrected chi connectivity index (χ2v) is 4.72. The molecule has 1 aliphatic heterocycles. The summed E-state index contributed by atoms with van der Waals surface area (Å²) in [6.45, 7) is 0.606. The second-order valence-electron chi connectivity index (χ2n) is 4.72. The Morgan fingerprint density at radius 3 is 2.74 bits per heavy atom. The summed E-state index contributed by atoms with van der Waals surface area (Å²) in [5.74, 6) is -0.768. The fourth-order valence-electron chi connectivity index (χ4n) is 2.68. The number of hydrogen-bond acceptors (Lipinski definition) is 4. The Balaban J connectivity index is 2.31. The molecule has 5 heteroatoms. The van der Waals surface area contributed by atoms with Crippen LogP contribution in [-0.2, 0) is 9.53 Å². The van der Waals surface area contributed by atoms with E-state index in [9.17, 15) is 9.70 Å². The fraction of sp³-hybridized carbons (Fsp3) is 0.500. The average molecular weight is 262 g/mol. The maximum Gasteiger partial charge on any atom is 0.315 e. The molecule has 19 heavy (non-hydrogen) atoms. The molecule has 0 bridgehead atoms. The van der Waals surface area contributed by atoms with E-state index in [0.717, 1.165) is 24.8 Å². The molecule has 0 unspecified atom stereocenters. The molecule has 1 aliphatic rings. The van der Waals surface area contributed by atoms with Crippen molar-refractivity contribution in [2.75, 3.05) is 13.7 Å². The Morgan fingerprint density at radius 2 is 2.11 bits per heavy atom. The highest BCUT2D eigenvalue weighted by Crippen LogP contribution is 2.31.